The summed E-state index contributed by atoms with van der Waals surface area (Å²) in [4.78, 5) is 45.0. The van der Waals surface area contributed by atoms with Crippen LogP contribution in [0.3, 0.4) is 0 Å². The number of anilines is 1. The summed E-state index contributed by atoms with van der Waals surface area (Å²) in [5.74, 6) is -2.95. The summed E-state index contributed by atoms with van der Waals surface area (Å²) in [5.41, 5.74) is -1.12. The van der Waals surface area contributed by atoms with Crippen LogP contribution < -0.4 is 4.90 Å². The number of imide groups is 1. The number of benzene rings is 1. The van der Waals surface area contributed by atoms with Crippen LogP contribution in [0, 0.1) is 10.1 Å². The van der Waals surface area contributed by atoms with Gasteiger partial charge in [-0.15, -0.1) is 0 Å². The minimum atomic E-state index is -1.40. The highest BCUT2D eigenvalue weighted by Gasteiger charge is 2.32. The number of morpholine rings is 1. The van der Waals surface area contributed by atoms with Gasteiger partial charge in [0.25, 0.3) is 17.5 Å². The molecule has 2 rings (SSSR count). The highest BCUT2D eigenvalue weighted by molar-refractivity contribution is 6.19. The van der Waals surface area contributed by atoms with E-state index in [0.717, 1.165) is 18.2 Å². The van der Waals surface area contributed by atoms with Gasteiger partial charge in [0.1, 0.15) is 13.2 Å². The van der Waals surface area contributed by atoms with Gasteiger partial charge in [0, 0.05) is 12.1 Å². The molecule has 0 radical (unpaired) electrons. The fourth-order valence-corrected chi connectivity index (χ4v) is 1.76. The molecule has 0 unspecified atom stereocenters. The number of amides is 2. The van der Waals surface area contributed by atoms with Crippen molar-refractivity contribution in [1.82, 2.24) is 0 Å². The second-order valence-corrected chi connectivity index (χ2v) is 3.88. The largest absolute Gasteiger partial charge is 0.478 e. The van der Waals surface area contributed by atoms with Crippen LogP contribution in [-0.2, 0) is 14.3 Å². The molecule has 0 atom stereocenters. The summed E-state index contributed by atoms with van der Waals surface area (Å²) >= 11 is 0. The van der Waals surface area contributed by atoms with E-state index >= 15 is 0 Å². The number of ether oxygens (including phenoxy) is 1. The van der Waals surface area contributed by atoms with Crippen molar-refractivity contribution in [3.63, 3.8) is 0 Å². The summed E-state index contributed by atoms with van der Waals surface area (Å²) in [5, 5.41) is 19.8. The van der Waals surface area contributed by atoms with Crippen LogP contribution in [0.15, 0.2) is 18.2 Å². The number of carboxylic acid groups (broad SMARTS) is 1. The van der Waals surface area contributed by atoms with Crippen LogP contribution >= 0.6 is 0 Å². The SMILES string of the molecule is O=C(O)c1ccc([N+](=O)[O-])cc1N1C(=O)COCC1=O. The molecule has 0 aromatic heterocycles. The Morgan fingerprint density at radius 2 is 1.90 bits per heavy atom. The van der Waals surface area contributed by atoms with Crippen LogP contribution in [0.2, 0.25) is 0 Å². The van der Waals surface area contributed by atoms with Gasteiger partial charge in [-0.3, -0.25) is 19.7 Å². The molecule has 1 aromatic carbocycles. The highest BCUT2D eigenvalue weighted by atomic mass is 16.6. The Kier molecular flexibility index (Phi) is 3.44. The van der Waals surface area contributed by atoms with E-state index in [2.05, 4.69) is 0 Å². The second kappa shape index (κ2) is 5.05. The number of hydrogen-bond donors (Lipinski definition) is 1. The van der Waals surface area contributed by atoms with Gasteiger partial charge < -0.3 is 9.84 Å². The van der Waals surface area contributed by atoms with Crippen molar-refractivity contribution in [2.75, 3.05) is 18.1 Å². The normalized spacial score (nSPS) is 15.3. The van der Waals surface area contributed by atoms with Crippen molar-refractivity contribution < 1.29 is 29.2 Å². The van der Waals surface area contributed by atoms with E-state index in [9.17, 15) is 24.5 Å². The summed E-state index contributed by atoms with van der Waals surface area (Å²) in [6, 6.07) is 2.85. The number of aromatic carboxylic acids is 1. The first-order valence-corrected chi connectivity index (χ1v) is 5.37. The number of carbonyl (C=O) groups is 3. The van der Waals surface area contributed by atoms with Gasteiger partial charge in [-0.1, -0.05) is 0 Å². The van der Waals surface area contributed by atoms with Crippen molar-refractivity contribution in [2.45, 2.75) is 0 Å². The Balaban J connectivity index is 2.59. The lowest BCUT2D eigenvalue weighted by molar-refractivity contribution is -0.384. The quantitative estimate of drug-likeness (QED) is 0.475. The number of carbonyl (C=O) groups excluding carboxylic acids is 2. The highest BCUT2D eigenvalue weighted by Crippen LogP contribution is 2.27. The lowest BCUT2D eigenvalue weighted by atomic mass is 10.1. The Labute approximate surface area is 111 Å². The van der Waals surface area contributed by atoms with Gasteiger partial charge in [0.15, 0.2) is 0 Å². The molecule has 1 fully saturated rings. The summed E-state index contributed by atoms with van der Waals surface area (Å²) in [6.45, 7) is -0.791. The average Bonchev–Trinajstić information content (AvgIpc) is 2.38. The Morgan fingerprint density at radius 3 is 2.40 bits per heavy atom. The minimum Gasteiger partial charge on any atom is -0.478 e. The number of rotatable bonds is 3. The molecule has 1 heterocycles. The molecule has 20 heavy (non-hydrogen) atoms. The third-order valence-corrected chi connectivity index (χ3v) is 2.61. The molecular formula is C11H8N2O7. The molecule has 0 spiro atoms. The van der Waals surface area contributed by atoms with E-state index < -0.39 is 41.6 Å². The molecule has 9 nitrogen and oxygen atoms in total. The third kappa shape index (κ3) is 2.34. The topological polar surface area (TPSA) is 127 Å². The fourth-order valence-electron chi connectivity index (χ4n) is 1.76. The second-order valence-electron chi connectivity index (χ2n) is 3.88. The summed E-state index contributed by atoms with van der Waals surface area (Å²) in [6.07, 6.45) is 0. The zero-order valence-corrected chi connectivity index (χ0v) is 9.94. The molecule has 0 saturated carbocycles. The lowest BCUT2D eigenvalue weighted by Gasteiger charge is -2.25. The predicted molar refractivity (Wildman–Crippen MR) is 63.4 cm³/mol. The predicted octanol–water partition coefficient (Wildman–Crippen LogP) is 0.183. The first-order valence-electron chi connectivity index (χ1n) is 5.37. The molecule has 2 amide bonds. The molecule has 1 aliphatic heterocycles. The average molecular weight is 280 g/mol. The Morgan fingerprint density at radius 1 is 1.30 bits per heavy atom. The first-order chi connectivity index (χ1) is 9.41. The van der Waals surface area contributed by atoms with E-state index in [1.165, 1.54) is 0 Å². The minimum absolute atomic E-state index is 0.329. The molecule has 1 saturated heterocycles. The van der Waals surface area contributed by atoms with Crippen LogP contribution in [0.1, 0.15) is 10.4 Å². The van der Waals surface area contributed by atoms with Crippen LogP contribution in [0.4, 0.5) is 11.4 Å². The van der Waals surface area contributed by atoms with Gasteiger partial charge in [0.2, 0.25) is 0 Å². The van der Waals surface area contributed by atoms with Crippen LogP contribution in [0.5, 0.6) is 0 Å². The molecular weight excluding hydrogens is 272 g/mol. The smallest absolute Gasteiger partial charge is 0.337 e. The van der Waals surface area contributed by atoms with Crippen molar-refractivity contribution in [2.24, 2.45) is 0 Å². The molecule has 1 aromatic rings. The van der Waals surface area contributed by atoms with Gasteiger partial charge in [-0.05, 0) is 6.07 Å². The molecule has 104 valence electrons. The molecule has 9 heteroatoms. The van der Waals surface area contributed by atoms with Gasteiger partial charge in [-0.2, -0.15) is 0 Å². The van der Waals surface area contributed by atoms with E-state index in [-0.39, 0.29) is 11.3 Å². The zero-order chi connectivity index (χ0) is 14.9. The lowest BCUT2D eigenvalue weighted by Crippen LogP contribution is -2.47. The summed E-state index contributed by atoms with van der Waals surface area (Å²) < 4.78 is 4.70. The fraction of sp³-hybridized carbons (Fsp3) is 0.182. The van der Waals surface area contributed by atoms with Crippen molar-refractivity contribution >= 4 is 29.2 Å². The number of nitrogens with zero attached hydrogens (tertiary/aromatic N) is 2. The van der Waals surface area contributed by atoms with E-state index in [0.29, 0.717) is 4.90 Å². The standard InChI is InChI=1S/C11H8N2O7/c14-9-4-20-5-10(15)12(9)8-3-6(13(18)19)1-2-7(8)11(16)17/h1-3H,4-5H2,(H,16,17). The Hall–Kier alpha value is -2.81. The van der Waals surface area contributed by atoms with Crippen molar-refractivity contribution in [3.05, 3.63) is 33.9 Å². The number of non-ortho nitro benzene ring substituents is 1. The van der Waals surface area contributed by atoms with E-state index in [1.807, 2.05) is 0 Å². The van der Waals surface area contributed by atoms with Gasteiger partial charge in [-0.25, -0.2) is 9.69 Å². The number of nitro groups is 1. The van der Waals surface area contributed by atoms with Gasteiger partial charge in [0.05, 0.1) is 16.2 Å². The molecule has 0 bridgehead atoms. The van der Waals surface area contributed by atoms with E-state index in [4.69, 9.17) is 9.84 Å². The maximum absolute atomic E-state index is 11.7. The van der Waals surface area contributed by atoms with Crippen molar-refractivity contribution in [3.8, 4) is 0 Å². The van der Waals surface area contributed by atoms with Gasteiger partial charge >= 0.3 is 5.97 Å². The maximum Gasteiger partial charge on any atom is 0.337 e. The third-order valence-electron chi connectivity index (χ3n) is 2.61. The maximum atomic E-state index is 11.7. The monoisotopic (exact) mass is 280 g/mol. The zero-order valence-electron chi connectivity index (χ0n) is 9.94. The van der Waals surface area contributed by atoms with Crippen LogP contribution in [0.25, 0.3) is 0 Å². The summed E-state index contributed by atoms with van der Waals surface area (Å²) in [7, 11) is 0. The van der Waals surface area contributed by atoms with E-state index in [1.54, 1.807) is 0 Å². The Bertz CT molecular complexity index is 609. The molecule has 0 aliphatic carbocycles. The first kappa shape index (κ1) is 13.6. The number of hydrogen-bond acceptors (Lipinski definition) is 6. The molecule has 1 aliphatic rings. The number of nitro benzene ring substituents is 1. The molecule has 1 N–H and O–H groups in total. The van der Waals surface area contributed by atoms with Crippen LogP contribution in [-0.4, -0.2) is 41.0 Å². The number of carboxylic acids is 1. The van der Waals surface area contributed by atoms with Crippen molar-refractivity contribution in [1.29, 1.82) is 0 Å².